The van der Waals surface area contributed by atoms with Crippen molar-refractivity contribution in [3.63, 3.8) is 0 Å². The average molecular weight is 366 g/mol. The molecule has 1 heterocycles. The number of nitriles is 2. The number of carbonyl (C=O) groups excluding carboxylic acids is 1. The van der Waals surface area contributed by atoms with Crippen LogP contribution in [0.3, 0.4) is 0 Å². The van der Waals surface area contributed by atoms with Gasteiger partial charge in [0.2, 0.25) is 5.91 Å². The molecular weight excluding hydrogens is 348 g/mol. The number of nitrogens with two attached hydrogens (primary N) is 1. The van der Waals surface area contributed by atoms with Crippen LogP contribution in [0, 0.1) is 22.7 Å². The third-order valence-electron chi connectivity index (χ3n) is 3.57. The van der Waals surface area contributed by atoms with Crippen LogP contribution in [-0.4, -0.2) is 30.2 Å². The highest BCUT2D eigenvalue weighted by atomic mass is 32.2. The van der Waals surface area contributed by atoms with Gasteiger partial charge in [-0.25, -0.2) is 4.98 Å². The van der Waals surface area contributed by atoms with Gasteiger partial charge in [0, 0.05) is 25.5 Å². The van der Waals surface area contributed by atoms with E-state index >= 15 is 0 Å². The van der Waals surface area contributed by atoms with Gasteiger partial charge < -0.3 is 16.0 Å². The standard InChI is InChI=1S/C18H18N6OS/c1-11(17(25)22-14-4-6-15(7-5-14)24(2)3)26-18-13(10-20)8-12(9-19)16(21)23-18/h4-8,11H,1-3H3,(H2,21,23)(H,22,25)/t11-/m0/s1. The first kappa shape index (κ1) is 19.1. The monoisotopic (exact) mass is 366 g/mol. The Kier molecular flexibility index (Phi) is 6.05. The summed E-state index contributed by atoms with van der Waals surface area (Å²) in [6.45, 7) is 1.71. The van der Waals surface area contributed by atoms with E-state index in [0.717, 1.165) is 17.4 Å². The van der Waals surface area contributed by atoms with Crippen LogP contribution in [0.15, 0.2) is 35.4 Å². The molecule has 0 aliphatic rings. The largest absolute Gasteiger partial charge is 0.383 e. The second kappa shape index (κ2) is 8.24. The summed E-state index contributed by atoms with van der Waals surface area (Å²) >= 11 is 1.12. The van der Waals surface area contributed by atoms with Crippen molar-refractivity contribution in [2.45, 2.75) is 17.2 Å². The summed E-state index contributed by atoms with van der Waals surface area (Å²) < 4.78 is 0. The normalized spacial score (nSPS) is 11.1. The number of nitrogens with zero attached hydrogens (tertiary/aromatic N) is 4. The van der Waals surface area contributed by atoms with Gasteiger partial charge in [0.25, 0.3) is 0 Å². The van der Waals surface area contributed by atoms with Crippen molar-refractivity contribution in [1.82, 2.24) is 4.98 Å². The highest BCUT2D eigenvalue weighted by Gasteiger charge is 2.19. The van der Waals surface area contributed by atoms with Crippen molar-refractivity contribution in [3.05, 3.63) is 41.5 Å². The van der Waals surface area contributed by atoms with Gasteiger partial charge in [-0.1, -0.05) is 11.8 Å². The predicted molar refractivity (Wildman–Crippen MR) is 103 cm³/mol. The highest BCUT2D eigenvalue weighted by Crippen LogP contribution is 2.28. The van der Waals surface area contributed by atoms with Crippen LogP contribution in [0.4, 0.5) is 17.2 Å². The molecule has 1 aromatic heterocycles. The average Bonchev–Trinajstić information content (AvgIpc) is 2.62. The molecule has 0 aliphatic carbocycles. The molecule has 26 heavy (non-hydrogen) atoms. The third kappa shape index (κ3) is 4.44. The number of nitrogens with one attached hydrogen (secondary N) is 1. The Hall–Kier alpha value is -3.23. The highest BCUT2D eigenvalue weighted by molar-refractivity contribution is 8.00. The van der Waals surface area contributed by atoms with Gasteiger partial charge in [0.15, 0.2) is 0 Å². The fourth-order valence-electron chi connectivity index (χ4n) is 2.08. The molecule has 132 valence electrons. The van der Waals surface area contributed by atoms with E-state index in [1.807, 2.05) is 55.4 Å². The Balaban J connectivity index is 2.11. The molecule has 8 heteroatoms. The van der Waals surface area contributed by atoms with E-state index in [1.165, 1.54) is 6.07 Å². The van der Waals surface area contributed by atoms with Crippen molar-refractivity contribution in [1.29, 1.82) is 10.5 Å². The predicted octanol–water partition coefficient (Wildman–Crippen LogP) is 2.59. The number of carbonyl (C=O) groups is 1. The fraction of sp³-hybridized carbons (Fsp3) is 0.222. The van der Waals surface area contributed by atoms with Crippen LogP contribution in [-0.2, 0) is 4.79 Å². The summed E-state index contributed by atoms with van der Waals surface area (Å²) in [7, 11) is 3.88. The second-order valence-electron chi connectivity index (χ2n) is 5.69. The molecular formula is C18H18N6OS. The van der Waals surface area contributed by atoms with Crippen LogP contribution in [0.25, 0.3) is 0 Å². The molecule has 0 spiro atoms. The number of hydrogen-bond acceptors (Lipinski definition) is 7. The molecule has 1 amide bonds. The summed E-state index contributed by atoms with van der Waals surface area (Å²) in [5.41, 5.74) is 7.78. The van der Waals surface area contributed by atoms with Gasteiger partial charge in [0.05, 0.1) is 16.4 Å². The summed E-state index contributed by atoms with van der Waals surface area (Å²) in [6.07, 6.45) is 0. The fourth-order valence-corrected chi connectivity index (χ4v) is 2.96. The van der Waals surface area contributed by atoms with Crippen molar-refractivity contribution in [3.8, 4) is 12.1 Å². The lowest BCUT2D eigenvalue weighted by molar-refractivity contribution is -0.115. The van der Waals surface area contributed by atoms with E-state index in [9.17, 15) is 10.1 Å². The number of hydrogen-bond donors (Lipinski definition) is 2. The SMILES string of the molecule is C[C@H](Sc1nc(N)c(C#N)cc1C#N)C(=O)Nc1ccc(N(C)C)cc1. The second-order valence-corrected chi connectivity index (χ2v) is 7.02. The van der Waals surface area contributed by atoms with E-state index in [2.05, 4.69) is 10.3 Å². The molecule has 0 fully saturated rings. The van der Waals surface area contributed by atoms with Crippen LogP contribution in [0.5, 0.6) is 0 Å². The molecule has 1 aromatic carbocycles. The number of benzene rings is 1. The molecule has 2 rings (SSSR count). The van der Waals surface area contributed by atoms with Crippen LogP contribution in [0.2, 0.25) is 0 Å². The first-order valence-corrected chi connectivity index (χ1v) is 8.59. The third-order valence-corrected chi connectivity index (χ3v) is 4.67. The lowest BCUT2D eigenvalue weighted by Crippen LogP contribution is -2.22. The van der Waals surface area contributed by atoms with Gasteiger partial charge in [-0.2, -0.15) is 10.5 Å². The molecule has 2 aromatic rings. The molecule has 0 aliphatic heterocycles. The van der Waals surface area contributed by atoms with Gasteiger partial charge in [-0.3, -0.25) is 4.79 Å². The summed E-state index contributed by atoms with van der Waals surface area (Å²) in [6, 6.07) is 12.7. The van der Waals surface area contributed by atoms with Crippen molar-refractivity contribution < 1.29 is 4.79 Å². The zero-order chi connectivity index (χ0) is 19.3. The first-order valence-electron chi connectivity index (χ1n) is 7.71. The lowest BCUT2D eigenvalue weighted by Gasteiger charge is -2.15. The van der Waals surface area contributed by atoms with E-state index in [-0.39, 0.29) is 22.9 Å². The number of anilines is 3. The quantitative estimate of drug-likeness (QED) is 0.781. The maximum atomic E-state index is 12.4. The molecule has 3 N–H and O–H groups in total. The Morgan fingerprint density at radius 3 is 2.38 bits per heavy atom. The topological polar surface area (TPSA) is 119 Å². The number of thioether (sulfide) groups is 1. The molecule has 0 bridgehead atoms. The van der Waals surface area contributed by atoms with E-state index < -0.39 is 5.25 Å². The number of pyridine rings is 1. The zero-order valence-corrected chi connectivity index (χ0v) is 15.5. The molecule has 0 saturated heterocycles. The minimum absolute atomic E-state index is 0.0425. The number of nitrogen functional groups attached to an aromatic ring is 1. The summed E-state index contributed by atoms with van der Waals surface area (Å²) in [5, 5.41) is 20.8. The van der Waals surface area contributed by atoms with Crippen molar-refractivity contribution >= 4 is 34.9 Å². The minimum Gasteiger partial charge on any atom is -0.383 e. The van der Waals surface area contributed by atoms with Crippen molar-refractivity contribution in [2.75, 3.05) is 30.0 Å². The van der Waals surface area contributed by atoms with Gasteiger partial charge in [-0.15, -0.1) is 0 Å². The Bertz CT molecular complexity index is 896. The first-order chi connectivity index (χ1) is 12.3. The Morgan fingerprint density at radius 2 is 1.85 bits per heavy atom. The van der Waals surface area contributed by atoms with E-state index in [4.69, 9.17) is 11.0 Å². The van der Waals surface area contributed by atoms with Crippen LogP contribution in [0.1, 0.15) is 18.1 Å². The molecule has 0 radical (unpaired) electrons. The van der Waals surface area contributed by atoms with Crippen LogP contribution >= 0.6 is 11.8 Å². The van der Waals surface area contributed by atoms with E-state index in [0.29, 0.717) is 10.7 Å². The summed E-state index contributed by atoms with van der Waals surface area (Å²) in [5.74, 6) is -0.179. The number of amides is 1. The van der Waals surface area contributed by atoms with Gasteiger partial charge in [0.1, 0.15) is 23.0 Å². The Labute approximate surface area is 156 Å². The molecule has 7 nitrogen and oxygen atoms in total. The maximum absolute atomic E-state index is 12.4. The Morgan fingerprint density at radius 1 is 1.23 bits per heavy atom. The molecule has 0 saturated carbocycles. The maximum Gasteiger partial charge on any atom is 0.237 e. The summed E-state index contributed by atoms with van der Waals surface area (Å²) in [4.78, 5) is 18.5. The van der Waals surface area contributed by atoms with Gasteiger partial charge in [-0.05, 0) is 37.3 Å². The van der Waals surface area contributed by atoms with Gasteiger partial charge >= 0.3 is 0 Å². The number of rotatable bonds is 5. The minimum atomic E-state index is -0.504. The van der Waals surface area contributed by atoms with Crippen molar-refractivity contribution in [2.24, 2.45) is 0 Å². The smallest absolute Gasteiger partial charge is 0.237 e. The zero-order valence-electron chi connectivity index (χ0n) is 14.6. The molecule has 1 atom stereocenters. The lowest BCUT2D eigenvalue weighted by atomic mass is 10.2. The molecule has 0 unspecified atom stereocenters. The van der Waals surface area contributed by atoms with Crippen LogP contribution < -0.4 is 16.0 Å². The van der Waals surface area contributed by atoms with E-state index in [1.54, 1.807) is 6.92 Å². The number of aromatic nitrogens is 1.